The second kappa shape index (κ2) is 8.21. The van der Waals surface area contributed by atoms with Crippen molar-refractivity contribution in [3.8, 4) is 5.69 Å². The Labute approximate surface area is 160 Å². The number of hydrogen-bond acceptors (Lipinski definition) is 3. The first-order valence-electron chi connectivity index (χ1n) is 7.50. The Balaban J connectivity index is 0.000000465. The molecule has 0 aliphatic carbocycles. The van der Waals surface area contributed by atoms with Gasteiger partial charge in [0.2, 0.25) is 0 Å². The Morgan fingerprint density at radius 2 is 1.59 bits per heavy atom. The predicted octanol–water partition coefficient (Wildman–Crippen LogP) is 2.20. The van der Waals surface area contributed by atoms with Gasteiger partial charge in [-0.3, -0.25) is 13.9 Å². The molecule has 10 heteroatoms. The summed E-state index contributed by atoms with van der Waals surface area (Å²) in [4.78, 5) is 15.9. The topological polar surface area (TPSA) is 141 Å². The maximum Gasteiger partial charge on any atom is 0.283 e. The van der Waals surface area contributed by atoms with Crippen molar-refractivity contribution >= 4 is 44.5 Å². The molecule has 0 saturated carbocycles. The highest BCUT2D eigenvalue weighted by Gasteiger charge is 2.21. The minimum Gasteiger partial charge on any atom is -0.370 e. The lowest BCUT2D eigenvalue weighted by atomic mass is 10.1. The van der Waals surface area contributed by atoms with Crippen LogP contribution in [0.5, 0.6) is 0 Å². The quantitative estimate of drug-likeness (QED) is 0.337. The van der Waals surface area contributed by atoms with Crippen LogP contribution in [-0.4, -0.2) is 35.7 Å². The largest absolute Gasteiger partial charge is 0.370 e. The Morgan fingerprint density at radius 3 is 2.15 bits per heavy atom. The zero-order valence-electron chi connectivity index (χ0n) is 14.2. The number of amides is 1. The molecule has 0 radical (unpaired) electrons. The Morgan fingerprint density at radius 1 is 1.07 bits per heavy atom. The molecular formula is C17H17ClN4O4S. The van der Waals surface area contributed by atoms with Gasteiger partial charge in [-0.2, -0.15) is 13.4 Å². The molecule has 1 heterocycles. The zero-order valence-corrected chi connectivity index (χ0v) is 15.8. The van der Waals surface area contributed by atoms with Crippen LogP contribution >= 0.6 is 11.6 Å². The van der Waals surface area contributed by atoms with E-state index in [2.05, 4.69) is 4.99 Å². The molecule has 0 atom stereocenters. The first-order valence-corrected chi connectivity index (χ1v) is 9.73. The van der Waals surface area contributed by atoms with Crippen molar-refractivity contribution in [2.45, 2.75) is 0 Å². The normalized spacial score (nSPS) is 10.8. The van der Waals surface area contributed by atoms with Crippen molar-refractivity contribution in [3.63, 3.8) is 0 Å². The summed E-state index contributed by atoms with van der Waals surface area (Å²) in [6.45, 7) is 0. The van der Waals surface area contributed by atoms with Gasteiger partial charge in [0.05, 0.1) is 17.3 Å². The summed E-state index contributed by atoms with van der Waals surface area (Å²) in [6.07, 6.45) is 0.715. The minimum atomic E-state index is -3.67. The van der Waals surface area contributed by atoms with Crippen LogP contribution in [0.15, 0.2) is 59.6 Å². The van der Waals surface area contributed by atoms with Crippen LogP contribution < -0.4 is 11.5 Å². The van der Waals surface area contributed by atoms with Gasteiger partial charge in [-0.15, -0.1) is 0 Å². The maximum atomic E-state index is 12.3. The summed E-state index contributed by atoms with van der Waals surface area (Å²) in [5, 5.41) is 0.980. The van der Waals surface area contributed by atoms with Gasteiger partial charge >= 0.3 is 0 Å². The standard InChI is InChI=1S/C16H13ClN4O.CH4O3S/c17-14-13(15(22)20-16(18)19)11-8-4-5-9-12(11)21(14)10-6-2-1-3-7-10;1-5(2,3)4/h1-9H,(H4,18,19,20,22);1H3,(H,2,3,4). The Bertz CT molecular complexity index is 1100. The fraction of sp³-hybridized carbons (Fsp3) is 0.0588. The highest BCUT2D eigenvalue weighted by molar-refractivity contribution is 7.85. The van der Waals surface area contributed by atoms with E-state index in [4.69, 9.17) is 27.6 Å². The van der Waals surface area contributed by atoms with Gasteiger partial charge in [-0.1, -0.05) is 48.0 Å². The number of benzene rings is 2. The average Bonchev–Trinajstić information content (AvgIpc) is 2.85. The van der Waals surface area contributed by atoms with Crippen molar-refractivity contribution in [1.29, 1.82) is 0 Å². The number of hydrogen-bond donors (Lipinski definition) is 3. The van der Waals surface area contributed by atoms with Gasteiger partial charge in [-0.25, -0.2) is 0 Å². The second-order valence-electron chi connectivity index (χ2n) is 5.43. The first-order chi connectivity index (χ1) is 12.6. The summed E-state index contributed by atoms with van der Waals surface area (Å²) >= 11 is 6.46. The van der Waals surface area contributed by atoms with E-state index in [1.807, 2.05) is 54.6 Å². The van der Waals surface area contributed by atoms with Crippen LogP contribution in [0.1, 0.15) is 10.4 Å². The molecule has 0 fully saturated rings. The molecule has 0 bridgehead atoms. The number of aromatic nitrogens is 1. The SMILES string of the molecule is CS(=O)(=O)O.NC(N)=NC(=O)c1c(Cl)n(-c2ccccc2)c2ccccc12. The Hall–Kier alpha value is -2.88. The third kappa shape index (κ3) is 5.30. The number of fused-ring (bicyclic) bond motifs is 1. The molecule has 142 valence electrons. The van der Waals surface area contributed by atoms with Crippen LogP contribution in [0.25, 0.3) is 16.6 Å². The van der Waals surface area contributed by atoms with Gasteiger partial charge < -0.3 is 11.5 Å². The summed E-state index contributed by atoms with van der Waals surface area (Å²) in [6, 6.07) is 17.0. The van der Waals surface area contributed by atoms with Crippen LogP contribution in [0.2, 0.25) is 5.15 Å². The van der Waals surface area contributed by atoms with Crippen molar-refractivity contribution in [3.05, 3.63) is 65.3 Å². The molecule has 0 spiro atoms. The first kappa shape index (κ1) is 20.4. The van der Waals surface area contributed by atoms with E-state index < -0.39 is 16.0 Å². The van der Waals surface area contributed by atoms with Crippen LogP contribution in [0.4, 0.5) is 0 Å². The van der Waals surface area contributed by atoms with Crippen LogP contribution in [0.3, 0.4) is 0 Å². The number of para-hydroxylation sites is 2. The number of nitrogens with zero attached hydrogens (tertiary/aromatic N) is 2. The van der Waals surface area contributed by atoms with Gasteiger partial charge in [-0.05, 0) is 18.2 Å². The number of carbonyl (C=O) groups excluding carboxylic acids is 1. The molecule has 1 aromatic heterocycles. The summed E-state index contributed by atoms with van der Waals surface area (Å²) in [5.74, 6) is -0.853. The molecule has 0 saturated heterocycles. The molecule has 27 heavy (non-hydrogen) atoms. The fourth-order valence-electron chi connectivity index (χ4n) is 2.41. The van der Waals surface area contributed by atoms with Crippen molar-refractivity contribution in [1.82, 2.24) is 4.57 Å². The highest BCUT2D eigenvalue weighted by Crippen LogP contribution is 2.33. The van der Waals surface area contributed by atoms with Gasteiger partial charge in [0.25, 0.3) is 16.0 Å². The van der Waals surface area contributed by atoms with E-state index in [0.717, 1.165) is 11.2 Å². The summed E-state index contributed by atoms with van der Waals surface area (Å²) in [7, 11) is -3.67. The van der Waals surface area contributed by atoms with Crippen LogP contribution in [0, 0.1) is 0 Å². The molecule has 1 amide bonds. The summed E-state index contributed by atoms with van der Waals surface area (Å²) < 4.78 is 27.7. The fourth-order valence-corrected chi connectivity index (χ4v) is 2.79. The minimum absolute atomic E-state index is 0.280. The second-order valence-corrected chi connectivity index (χ2v) is 7.25. The van der Waals surface area contributed by atoms with E-state index in [0.29, 0.717) is 11.6 Å². The number of guanidine groups is 1. The lowest BCUT2D eigenvalue weighted by Crippen LogP contribution is -2.24. The number of rotatable bonds is 2. The van der Waals surface area contributed by atoms with Gasteiger partial charge in [0, 0.05) is 11.1 Å². The molecule has 8 nitrogen and oxygen atoms in total. The highest BCUT2D eigenvalue weighted by atomic mass is 35.5. The molecule has 3 rings (SSSR count). The third-order valence-corrected chi connectivity index (χ3v) is 3.63. The van der Waals surface area contributed by atoms with Gasteiger partial charge in [0.1, 0.15) is 5.15 Å². The smallest absolute Gasteiger partial charge is 0.283 e. The van der Waals surface area contributed by atoms with Crippen LogP contribution in [-0.2, 0) is 10.1 Å². The van der Waals surface area contributed by atoms with Crippen molar-refractivity contribution in [2.75, 3.05) is 6.26 Å². The van der Waals surface area contributed by atoms with Gasteiger partial charge in [0.15, 0.2) is 5.96 Å². The number of nitrogens with two attached hydrogens (primary N) is 2. The third-order valence-electron chi connectivity index (χ3n) is 3.28. The van der Waals surface area contributed by atoms with E-state index in [1.54, 1.807) is 4.57 Å². The molecule has 0 aliphatic rings. The predicted molar refractivity (Wildman–Crippen MR) is 106 cm³/mol. The average molecular weight is 409 g/mol. The van der Waals surface area contributed by atoms with E-state index >= 15 is 0 Å². The monoisotopic (exact) mass is 408 g/mol. The van der Waals surface area contributed by atoms with Crippen molar-refractivity contribution in [2.24, 2.45) is 16.5 Å². The van der Waals surface area contributed by atoms with E-state index in [-0.39, 0.29) is 16.7 Å². The molecule has 5 N–H and O–H groups in total. The molecule has 0 aliphatic heterocycles. The lowest BCUT2D eigenvalue weighted by molar-refractivity contribution is 0.100. The number of carbonyl (C=O) groups is 1. The molecular weight excluding hydrogens is 392 g/mol. The van der Waals surface area contributed by atoms with E-state index in [9.17, 15) is 13.2 Å². The molecule has 0 unspecified atom stereocenters. The van der Waals surface area contributed by atoms with E-state index in [1.165, 1.54) is 0 Å². The lowest BCUT2D eigenvalue weighted by Gasteiger charge is -2.06. The molecule has 2 aromatic carbocycles. The summed E-state index contributed by atoms with van der Waals surface area (Å²) in [5.41, 5.74) is 12.6. The molecule has 3 aromatic rings. The number of aliphatic imine (C=N–C) groups is 1. The van der Waals surface area contributed by atoms with Crippen molar-refractivity contribution < 1.29 is 17.8 Å². The zero-order chi connectivity index (χ0) is 20.2. The maximum absolute atomic E-state index is 12.3. The number of halogens is 1. The Kier molecular flexibility index (Phi) is 6.21.